The maximum absolute atomic E-state index is 13.5. The first kappa shape index (κ1) is 19.8. The normalized spacial score (nSPS) is 19.6. The van der Waals surface area contributed by atoms with E-state index in [1.807, 2.05) is 19.9 Å². The first-order valence-electron chi connectivity index (χ1n) is 9.08. The number of hydrogen-bond donors (Lipinski definition) is 3. The Kier molecular flexibility index (Phi) is 5.61. The van der Waals surface area contributed by atoms with Crippen LogP contribution in [0.2, 0.25) is 0 Å². The van der Waals surface area contributed by atoms with Gasteiger partial charge in [0, 0.05) is 24.1 Å². The second-order valence-electron chi connectivity index (χ2n) is 7.58. The van der Waals surface area contributed by atoms with Crippen molar-refractivity contribution in [2.24, 2.45) is 0 Å². The highest BCUT2D eigenvalue weighted by atomic mass is 19.1. The highest BCUT2D eigenvalue weighted by molar-refractivity contribution is 5.97. The minimum absolute atomic E-state index is 0.0339. The molecule has 1 aliphatic heterocycles. The Labute approximate surface area is 162 Å². The van der Waals surface area contributed by atoms with Crippen molar-refractivity contribution >= 4 is 22.8 Å². The molecule has 2 atom stereocenters. The van der Waals surface area contributed by atoms with Gasteiger partial charge in [-0.2, -0.15) is 5.26 Å². The van der Waals surface area contributed by atoms with Gasteiger partial charge < -0.3 is 20.5 Å². The number of rotatable bonds is 6. The van der Waals surface area contributed by atoms with Crippen LogP contribution in [0.15, 0.2) is 24.5 Å². The summed E-state index contributed by atoms with van der Waals surface area (Å²) in [6.07, 6.45) is 0.467. The van der Waals surface area contributed by atoms with E-state index in [-0.39, 0.29) is 37.9 Å². The highest BCUT2D eigenvalue weighted by Gasteiger charge is 2.35. The summed E-state index contributed by atoms with van der Waals surface area (Å²) in [5.41, 5.74) is 1.50. The fourth-order valence-corrected chi connectivity index (χ4v) is 3.14. The third-order valence-corrected chi connectivity index (χ3v) is 4.81. The molecule has 0 radical (unpaired) electrons. The second-order valence-corrected chi connectivity index (χ2v) is 7.58. The Hall–Kier alpha value is -2.99. The number of likely N-dealkylation sites (tertiary alicyclic amines) is 1. The Bertz CT molecular complexity index is 919. The maximum atomic E-state index is 13.5. The van der Waals surface area contributed by atoms with Crippen LogP contribution in [0.3, 0.4) is 0 Å². The number of carbonyl (C=O) groups is 2. The zero-order valence-corrected chi connectivity index (χ0v) is 15.8. The molecule has 1 aliphatic rings. The van der Waals surface area contributed by atoms with Gasteiger partial charge in [0.1, 0.15) is 12.2 Å². The molecule has 0 bridgehead atoms. The largest absolute Gasteiger partial charge is 0.350 e. The first-order chi connectivity index (χ1) is 13.3. The van der Waals surface area contributed by atoms with Gasteiger partial charge in [0.2, 0.25) is 5.91 Å². The number of amides is 2. The Balaban J connectivity index is 1.51. The van der Waals surface area contributed by atoms with E-state index in [9.17, 15) is 14.0 Å². The average Bonchev–Trinajstić information content (AvgIpc) is 3.29. The molecule has 148 valence electrons. The van der Waals surface area contributed by atoms with E-state index in [1.165, 1.54) is 4.90 Å². The first-order valence-corrected chi connectivity index (χ1v) is 9.08. The van der Waals surface area contributed by atoms with Gasteiger partial charge >= 0.3 is 0 Å². The Morgan fingerprint density at radius 2 is 2.25 bits per heavy atom. The third-order valence-electron chi connectivity index (χ3n) is 4.81. The number of H-pyrrole nitrogens is 1. The molecule has 1 fully saturated rings. The standard InChI is InChI=1S/C19H23FN6O2/c1-19(2,25-8-17(27)26-9-13(20)6-14(26)7-21)10-22-18(28)12-3-4-15-16(5-12)24-11-23-15/h3-5,11,13-14,25H,6,8-10H2,1-2H3,(H,22,28)(H,23,24)/t13-,14-/m0/s1. The maximum Gasteiger partial charge on any atom is 0.251 e. The van der Waals surface area contributed by atoms with E-state index in [0.717, 1.165) is 11.0 Å². The summed E-state index contributed by atoms with van der Waals surface area (Å²) in [5, 5.41) is 15.0. The zero-order valence-electron chi connectivity index (χ0n) is 15.8. The number of aromatic nitrogens is 2. The quantitative estimate of drug-likeness (QED) is 0.688. The number of alkyl halides is 1. The van der Waals surface area contributed by atoms with Crippen LogP contribution < -0.4 is 10.6 Å². The molecule has 0 unspecified atom stereocenters. The van der Waals surface area contributed by atoms with Crippen molar-refractivity contribution in [3.63, 3.8) is 0 Å². The summed E-state index contributed by atoms with van der Waals surface area (Å²) >= 11 is 0. The monoisotopic (exact) mass is 386 g/mol. The molecule has 3 rings (SSSR count). The molecule has 2 heterocycles. The van der Waals surface area contributed by atoms with Crippen molar-refractivity contribution in [2.45, 2.75) is 38.0 Å². The summed E-state index contributed by atoms with van der Waals surface area (Å²) in [5.74, 6) is -0.558. The molecule has 0 saturated carbocycles. The molecule has 8 nitrogen and oxygen atoms in total. The van der Waals surface area contributed by atoms with Crippen LogP contribution in [0, 0.1) is 11.3 Å². The lowest BCUT2D eigenvalue weighted by molar-refractivity contribution is -0.130. The number of fused-ring (bicyclic) bond motifs is 1. The van der Waals surface area contributed by atoms with E-state index in [2.05, 4.69) is 20.6 Å². The van der Waals surface area contributed by atoms with Gasteiger partial charge in [-0.15, -0.1) is 0 Å². The van der Waals surface area contributed by atoms with Crippen LogP contribution in [0.5, 0.6) is 0 Å². The average molecular weight is 386 g/mol. The molecular weight excluding hydrogens is 363 g/mol. The Morgan fingerprint density at radius 3 is 3.00 bits per heavy atom. The van der Waals surface area contributed by atoms with E-state index in [4.69, 9.17) is 5.26 Å². The highest BCUT2D eigenvalue weighted by Crippen LogP contribution is 2.20. The van der Waals surface area contributed by atoms with E-state index >= 15 is 0 Å². The zero-order chi connectivity index (χ0) is 20.3. The molecular formula is C19H23FN6O2. The topological polar surface area (TPSA) is 114 Å². The van der Waals surface area contributed by atoms with Gasteiger partial charge in [-0.3, -0.25) is 9.59 Å². The van der Waals surface area contributed by atoms with E-state index < -0.39 is 17.8 Å². The van der Waals surface area contributed by atoms with Crippen molar-refractivity contribution in [2.75, 3.05) is 19.6 Å². The number of imidazole rings is 1. The van der Waals surface area contributed by atoms with E-state index in [0.29, 0.717) is 5.56 Å². The second kappa shape index (κ2) is 7.94. The van der Waals surface area contributed by atoms with Crippen LogP contribution in [0.25, 0.3) is 11.0 Å². The number of carbonyl (C=O) groups excluding carboxylic acids is 2. The molecule has 3 N–H and O–H groups in total. The molecule has 0 aliphatic carbocycles. The third kappa shape index (κ3) is 4.46. The number of nitrogens with one attached hydrogen (secondary N) is 3. The predicted octanol–water partition coefficient (Wildman–Crippen LogP) is 1.12. The van der Waals surface area contributed by atoms with E-state index in [1.54, 1.807) is 24.5 Å². The predicted molar refractivity (Wildman–Crippen MR) is 101 cm³/mol. The van der Waals surface area contributed by atoms with Crippen molar-refractivity contribution in [1.82, 2.24) is 25.5 Å². The molecule has 2 aromatic rings. The van der Waals surface area contributed by atoms with Gasteiger partial charge in [-0.05, 0) is 32.0 Å². The molecule has 9 heteroatoms. The van der Waals surface area contributed by atoms with Gasteiger partial charge in [0.05, 0.1) is 36.5 Å². The van der Waals surface area contributed by atoms with Gasteiger partial charge in [0.25, 0.3) is 5.91 Å². The summed E-state index contributed by atoms with van der Waals surface area (Å²) in [7, 11) is 0. The van der Waals surface area contributed by atoms with Crippen LogP contribution in [-0.4, -0.2) is 64.1 Å². The van der Waals surface area contributed by atoms with Crippen LogP contribution in [0.4, 0.5) is 4.39 Å². The summed E-state index contributed by atoms with van der Waals surface area (Å²) < 4.78 is 13.5. The fourth-order valence-electron chi connectivity index (χ4n) is 3.14. The van der Waals surface area contributed by atoms with Crippen molar-refractivity contribution in [1.29, 1.82) is 5.26 Å². The van der Waals surface area contributed by atoms with Crippen molar-refractivity contribution in [3.05, 3.63) is 30.1 Å². The van der Waals surface area contributed by atoms with Gasteiger partial charge in [-0.1, -0.05) is 0 Å². The lowest BCUT2D eigenvalue weighted by atomic mass is 10.1. The molecule has 0 spiro atoms. The number of nitrogens with zero attached hydrogens (tertiary/aromatic N) is 3. The number of aromatic amines is 1. The van der Waals surface area contributed by atoms with Crippen LogP contribution in [0.1, 0.15) is 30.6 Å². The number of hydrogen-bond acceptors (Lipinski definition) is 5. The molecule has 2 amide bonds. The van der Waals surface area contributed by atoms with Crippen molar-refractivity contribution < 1.29 is 14.0 Å². The fraction of sp³-hybridized carbons (Fsp3) is 0.474. The lowest BCUT2D eigenvalue weighted by Gasteiger charge is -2.28. The molecule has 1 aromatic heterocycles. The lowest BCUT2D eigenvalue weighted by Crippen LogP contribution is -2.52. The molecule has 1 aromatic carbocycles. The van der Waals surface area contributed by atoms with Gasteiger partial charge in [0.15, 0.2) is 0 Å². The summed E-state index contributed by atoms with van der Waals surface area (Å²) in [6.45, 7) is 3.90. The minimum atomic E-state index is -1.16. The number of nitriles is 1. The van der Waals surface area contributed by atoms with Crippen molar-refractivity contribution in [3.8, 4) is 6.07 Å². The summed E-state index contributed by atoms with van der Waals surface area (Å²) in [4.78, 5) is 33.1. The SMILES string of the molecule is CC(C)(CNC(=O)c1ccc2nc[nH]c2c1)NCC(=O)N1C[C@@H](F)C[C@H]1C#N. The van der Waals surface area contributed by atoms with Crippen LogP contribution in [-0.2, 0) is 4.79 Å². The summed E-state index contributed by atoms with van der Waals surface area (Å²) in [6, 6.07) is 6.44. The van der Waals surface area contributed by atoms with Gasteiger partial charge in [-0.25, -0.2) is 9.37 Å². The minimum Gasteiger partial charge on any atom is -0.350 e. The molecule has 1 saturated heterocycles. The van der Waals surface area contributed by atoms with Crippen LogP contribution >= 0.6 is 0 Å². The number of halogens is 1. The number of benzene rings is 1. The smallest absolute Gasteiger partial charge is 0.251 e. The Morgan fingerprint density at radius 1 is 1.46 bits per heavy atom. The molecule has 28 heavy (non-hydrogen) atoms.